The van der Waals surface area contributed by atoms with Crippen LogP contribution in [-0.2, 0) is 7.05 Å². The summed E-state index contributed by atoms with van der Waals surface area (Å²) in [5, 5.41) is 9.55. The molecule has 0 spiro atoms. The zero-order valence-electron chi connectivity index (χ0n) is 10.4. The van der Waals surface area contributed by atoms with E-state index in [0.29, 0.717) is 0 Å². The van der Waals surface area contributed by atoms with E-state index < -0.39 is 0 Å². The van der Waals surface area contributed by atoms with E-state index in [0.717, 1.165) is 22.4 Å². The van der Waals surface area contributed by atoms with E-state index in [9.17, 15) is 5.11 Å². The summed E-state index contributed by atoms with van der Waals surface area (Å²) in [6.07, 6.45) is 0. The zero-order chi connectivity index (χ0) is 12.7. The first kappa shape index (κ1) is 10.8. The SMILES string of the molecule is Cc1ccc2c(c1)nc(-c1cccc(O)c1)n2C. The fourth-order valence-electron chi connectivity index (χ4n) is 2.21. The molecule has 3 nitrogen and oxygen atoms in total. The molecule has 1 aromatic heterocycles. The van der Waals surface area contributed by atoms with Gasteiger partial charge >= 0.3 is 0 Å². The minimum absolute atomic E-state index is 0.260. The van der Waals surface area contributed by atoms with Crippen LogP contribution in [0.3, 0.4) is 0 Å². The van der Waals surface area contributed by atoms with Gasteiger partial charge in [-0.2, -0.15) is 0 Å². The summed E-state index contributed by atoms with van der Waals surface area (Å²) in [6, 6.07) is 13.4. The Hall–Kier alpha value is -2.29. The van der Waals surface area contributed by atoms with E-state index in [1.54, 1.807) is 12.1 Å². The molecule has 0 atom stereocenters. The van der Waals surface area contributed by atoms with E-state index in [1.807, 2.05) is 23.7 Å². The van der Waals surface area contributed by atoms with Gasteiger partial charge in [0.15, 0.2) is 0 Å². The number of nitrogens with zero attached hydrogens (tertiary/aromatic N) is 2. The van der Waals surface area contributed by atoms with Gasteiger partial charge in [-0.25, -0.2) is 4.98 Å². The molecule has 3 heteroatoms. The quantitative estimate of drug-likeness (QED) is 0.706. The lowest BCUT2D eigenvalue weighted by molar-refractivity contribution is 0.475. The second kappa shape index (κ2) is 3.88. The Balaban J connectivity index is 2.27. The van der Waals surface area contributed by atoms with Crippen LogP contribution in [0.5, 0.6) is 5.75 Å². The molecular weight excluding hydrogens is 224 g/mol. The lowest BCUT2D eigenvalue weighted by atomic mass is 10.2. The smallest absolute Gasteiger partial charge is 0.140 e. The predicted octanol–water partition coefficient (Wildman–Crippen LogP) is 3.25. The molecule has 0 aliphatic carbocycles. The third kappa shape index (κ3) is 1.64. The summed E-state index contributed by atoms with van der Waals surface area (Å²) in [5.74, 6) is 1.13. The molecule has 0 aliphatic heterocycles. The maximum atomic E-state index is 9.55. The first-order chi connectivity index (χ1) is 8.65. The van der Waals surface area contributed by atoms with Gasteiger partial charge in [0, 0.05) is 12.6 Å². The number of aromatic hydroxyl groups is 1. The van der Waals surface area contributed by atoms with Crippen LogP contribution >= 0.6 is 0 Å². The minimum atomic E-state index is 0.260. The van der Waals surface area contributed by atoms with Crippen molar-refractivity contribution in [1.29, 1.82) is 0 Å². The number of aromatic nitrogens is 2. The number of aryl methyl sites for hydroxylation is 2. The third-order valence-corrected chi connectivity index (χ3v) is 3.14. The van der Waals surface area contributed by atoms with Gasteiger partial charge in [-0.3, -0.25) is 0 Å². The van der Waals surface area contributed by atoms with Crippen molar-refractivity contribution in [2.45, 2.75) is 6.92 Å². The van der Waals surface area contributed by atoms with Gasteiger partial charge in [0.2, 0.25) is 0 Å². The van der Waals surface area contributed by atoms with Crippen molar-refractivity contribution in [2.75, 3.05) is 0 Å². The minimum Gasteiger partial charge on any atom is -0.508 e. The topological polar surface area (TPSA) is 38.1 Å². The molecule has 0 amide bonds. The van der Waals surface area contributed by atoms with Gasteiger partial charge in [0.05, 0.1) is 11.0 Å². The molecule has 1 N–H and O–H groups in total. The van der Waals surface area contributed by atoms with E-state index in [2.05, 4.69) is 30.1 Å². The van der Waals surface area contributed by atoms with Crippen molar-refractivity contribution in [3.05, 3.63) is 48.0 Å². The van der Waals surface area contributed by atoms with Gasteiger partial charge in [-0.15, -0.1) is 0 Å². The van der Waals surface area contributed by atoms with E-state index >= 15 is 0 Å². The normalized spacial score (nSPS) is 11.0. The Kier molecular flexibility index (Phi) is 2.33. The number of rotatable bonds is 1. The van der Waals surface area contributed by atoms with Gasteiger partial charge in [0.1, 0.15) is 11.6 Å². The number of phenolic OH excluding ortho intramolecular Hbond substituents is 1. The van der Waals surface area contributed by atoms with Crippen LogP contribution in [0, 0.1) is 6.92 Å². The van der Waals surface area contributed by atoms with Gasteiger partial charge in [0.25, 0.3) is 0 Å². The lowest BCUT2D eigenvalue weighted by Crippen LogP contribution is -1.91. The lowest BCUT2D eigenvalue weighted by Gasteiger charge is -2.02. The summed E-state index contributed by atoms with van der Waals surface area (Å²) in [5.41, 5.74) is 4.20. The number of imidazole rings is 1. The van der Waals surface area contributed by atoms with Crippen LogP contribution in [-0.4, -0.2) is 14.7 Å². The predicted molar refractivity (Wildman–Crippen MR) is 72.6 cm³/mol. The molecule has 0 fully saturated rings. The van der Waals surface area contributed by atoms with E-state index in [1.165, 1.54) is 5.56 Å². The fraction of sp³-hybridized carbons (Fsp3) is 0.133. The fourth-order valence-corrected chi connectivity index (χ4v) is 2.21. The summed E-state index contributed by atoms with van der Waals surface area (Å²) in [7, 11) is 1.99. The summed E-state index contributed by atoms with van der Waals surface area (Å²) in [4.78, 5) is 4.64. The standard InChI is InChI=1S/C15H14N2O/c1-10-6-7-14-13(8-10)16-15(17(14)2)11-4-3-5-12(18)9-11/h3-9,18H,1-2H3. The molecule has 3 rings (SSSR count). The van der Waals surface area contributed by atoms with Crippen molar-refractivity contribution in [2.24, 2.45) is 7.05 Å². The third-order valence-electron chi connectivity index (χ3n) is 3.14. The first-order valence-electron chi connectivity index (χ1n) is 5.87. The average molecular weight is 238 g/mol. The second-order valence-corrected chi connectivity index (χ2v) is 4.54. The Morgan fingerprint density at radius 3 is 2.72 bits per heavy atom. The highest BCUT2D eigenvalue weighted by atomic mass is 16.3. The number of hydrogen-bond donors (Lipinski definition) is 1. The van der Waals surface area contributed by atoms with Crippen LogP contribution < -0.4 is 0 Å². The van der Waals surface area contributed by atoms with E-state index in [-0.39, 0.29) is 5.75 Å². The highest BCUT2D eigenvalue weighted by molar-refractivity contribution is 5.81. The molecule has 3 aromatic rings. The Labute approximate surface area is 105 Å². The zero-order valence-corrected chi connectivity index (χ0v) is 10.4. The Morgan fingerprint density at radius 2 is 1.94 bits per heavy atom. The van der Waals surface area contributed by atoms with Crippen molar-refractivity contribution in [3.8, 4) is 17.1 Å². The molecule has 0 unspecified atom stereocenters. The van der Waals surface area contributed by atoms with Crippen LogP contribution in [0.4, 0.5) is 0 Å². The molecule has 0 radical (unpaired) electrons. The number of fused-ring (bicyclic) bond motifs is 1. The van der Waals surface area contributed by atoms with Crippen LogP contribution in [0.15, 0.2) is 42.5 Å². The number of hydrogen-bond acceptors (Lipinski definition) is 2. The van der Waals surface area contributed by atoms with E-state index in [4.69, 9.17) is 0 Å². The van der Waals surface area contributed by atoms with Crippen molar-refractivity contribution < 1.29 is 5.11 Å². The monoisotopic (exact) mass is 238 g/mol. The summed E-state index contributed by atoms with van der Waals surface area (Å²) < 4.78 is 2.05. The molecule has 0 saturated heterocycles. The molecular formula is C15H14N2O. The van der Waals surface area contributed by atoms with Gasteiger partial charge < -0.3 is 9.67 Å². The average Bonchev–Trinajstić information content (AvgIpc) is 2.66. The van der Waals surface area contributed by atoms with Crippen LogP contribution in [0.1, 0.15) is 5.56 Å². The molecule has 90 valence electrons. The van der Waals surface area contributed by atoms with Crippen molar-refractivity contribution in [3.63, 3.8) is 0 Å². The van der Waals surface area contributed by atoms with Crippen molar-refractivity contribution in [1.82, 2.24) is 9.55 Å². The van der Waals surface area contributed by atoms with Crippen molar-refractivity contribution >= 4 is 11.0 Å². The second-order valence-electron chi connectivity index (χ2n) is 4.54. The maximum Gasteiger partial charge on any atom is 0.140 e. The number of benzene rings is 2. The summed E-state index contributed by atoms with van der Waals surface area (Å²) in [6.45, 7) is 2.06. The first-order valence-corrected chi connectivity index (χ1v) is 5.87. The maximum absolute atomic E-state index is 9.55. The molecule has 0 bridgehead atoms. The molecule has 18 heavy (non-hydrogen) atoms. The molecule has 1 heterocycles. The highest BCUT2D eigenvalue weighted by Gasteiger charge is 2.09. The Bertz CT molecular complexity index is 728. The molecule has 0 aliphatic rings. The largest absolute Gasteiger partial charge is 0.508 e. The van der Waals surface area contributed by atoms with Gasteiger partial charge in [-0.1, -0.05) is 18.2 Å². The number of phenols is 1. The Morgan fingerprint density at radius 1 is 1.11 bits per heavy atom. The highest BCUT2D eigenvalue weighted by Crippen LogP contribution is 2.26. The van der Waals surface area contributed by atoms with Gasteiger partial charge in [-0.05, 0) is 36.8 Å². The molecule has 0 saturated carbocycles. The van der Waals surface area contributed by atoms with Crippen LogP contribution in [0.25, 0.3) is 22.4 Å². The summed E-state index contributed by atoms with van der Waals surface area (Å²) >= 11 is 0. The van der Waals surface area contributed by atoms with Crippen LogP contribution in [0.2, 0.25) is 0 Å². The molecule has 2 aromatic carbocycles.